The zero-order valence-electron chi connectivity index (χ0n) is 10.9. The van der Waals surface area contributed by atoms with Gasteiger partial charge in [0.2, 0.25) is 0 Å². The largest absolute Gasteiger partial charge is 0.495 e. The lowest BCUT2D eigenvalue weighted by molar-refractivity contribution is 0.204. The summed E-state index contributed by atoms with van der Waals surface area (Å²) in [5.74, 6) is 0.760. The van der Waals surface area contributed by atoms with Crippen LogP contribution in [0.15, 0.2) is 24.3 Å². The van der Waals surface area contributed by atoms with Crippen LogP contribution in [0, 0.1) is 5.92 Å². The highest BCUT2D eigenvalue weighted by Crippen LogP contribution is 2.22. The van der Waals surface area contributed by atoms with Gasteiger partial charge in [-0.3, -0.25) is 0 Å². The number of methoxy groups -OCH3 is 1. The average molecular weight is 252 g/mol. The van der Waals surface area contributed by atoms with E-state index in [0.29, 0.717) is 11.4 Å². The number of para-hydroxylation sites is 2. The highest BCUT2D eigenvalue weighted by Gasteiger charge is 2.15. The Morgan fingerprint density at radius 3 is 2.61 bits per heavy atom. The third kappa shape index (κ3) is 3.92. The van der Waals surface area contributed by atoms with Crippen molar-refractivity contribution in [1.82, 2.24) is 5.32 Å². The van der Waals surface area contributed by atoms with Crippen molar-refractivity contribution in [3.05, 3.63) is 24.3 Å². The van der Waals surface area contributed by atoms with E-state index in [4.69, 9.17) is 9.84 Å². The molecule has 5 nitrogen and oxygen atoms in total. The van der Waals surface area contributed by atoms with Gasteiger partial charge in [-0.2, -0.15) is 0 Å². The monoisotopic (exact) mass is 252 g/mol. The molecular formula is C13H20N2O3. The number of aliphatic hydroxyl groups excluding tert-OH is 1. The number of nitrogens with one attached hydrogen (secondary N) is 2. The van der Waals surface area contributed by atoms with E-state index in [1.165, 1.54) is 0 Å². The molecule has 5 heteroatoms. The molecule has 0 aliphatic carbocycles. The summed E-state index contributed by atoms with van der Waals surface area (Å²) >= 11 is 0. The van der Waals surface area contributed by atoms with Crippen molar-refractivity contribution in [2.75, 3.05) is 19.0 Å². The van der Waals surface area contributed by atoms with Crippen LogP contribution in [0.5, 0.6) is 5.75 Å². The third-order valence-electron chi connectivity index (χ3n) is 2.67. The van der Waals surface area contributed by atoms with Gasteiger partial charge in [0.05, 0.1) is 25.4 Å². The molecule has 0 unspecified atom stereocenters. The second-order valence-electron chi connectivity index (χ2n) is 4.33. The zero-order chi connectivity index (χ0) is 13.5. The third-order valence-corrected chi connectivity index (χ3v) is 2.67. The Hall–Kier alpha value is -1.75. The molecule has 0 saturated heterocycles. The van der Waals surface area contributed by atoms with E-state index in [1.807, 2.05) is 26.0 Å². The quantitative estimate of drug-likeness (QED) is 0.748. The molecule has 3 N–H and O–H groups in total. The summed E-state index contributed by atoms with van der Waals surface area (Å²) < 4.78 is 5.13. The first-order valence-corrected chi connectivity index (χ1v) is 5.90. The lowest BCUT2D eigenvalue weighted by Crippen LogP contribution is -2.43. The predicted molar refractivity (Wildman–Crippen MR) is 70.9 cm³/mol. The molecule has 18 heavy (non-hydrogen) atoms. The van der Waals surface area contributed by atoms with Crippen molar-refractivity contribution in [2.45, 2.75) is 19.9 Å². The molecule has 0 spiro atoms. The van der Waals surface area contributed by atoms with Crippen LogP contribution in [0.25, 0.3) is 0 Å². The minimum Gasteiger partial charge on any atom is -0.495 e. The standard InChI is InChI=1S/C13H20N2O3/c1-9(2)11(8-16)15-13(17)14-10-6-4-5-7-12(10)18-3/h4-7,9,11,16H,8H2,1-3H3,(H2,14,15,17)/t11-/m1/s1. The summed E-state index contributed by atoms with van der Waals surface area (Å²) in [6.45, 7) is 3.78. The number of rotatable bonds is 5. The van der Waals surface area contributed by atoms with Crippen LogP contribution in [0.4, 0.5) is 10.5 Å². The van der Waals surface area contributed by atoms with Gasteiger partial charge in [-0.1, -0.05) is 26.0 Å². The maximum absolute atomic E-state index is 11.8. The van der Waals surface area contributed by atoms with E-state index in [-0.39, 0.29) is 24.6 Å². The van der Waals surface area contributed by atoms with E-state index in [1.54, 1.807) is 19.2 Å². The number of hydrogen-bond donors (Lipinski definition) is 3. The number of carbonyl (C=O) groups excluding carboxylic acids is 1. The fourth-order valence-electron chi connectivity index (χ4n) is 1.50. The molecule has 0 bridgehead atoms. The zero-order valence-corrected chi connectivity index (χ0v) is 10.9. The fourth-order valence-corrected chi connectivity index (χ4v) is 1.50. The number of ether oxygens (including phenoxy) is 1. The van der Waals surface area contributed by atoms with Crippen LogP contribution in [-0.2, 0) is 0 Å². The molecule has 1 aromatic rings. The summed E-state index contributed by atoms with van der Waals surface area (Å²) in [5.41, 5.74) is 0.595. The average Bonchev–Trinajstić information content (AvgIpc) is 2.36. The minimum atomic E-state index is -0.354. The molecule has 0 radical (unpaired) electrons. The van der Waals surface area contributed by atoms with Crippen LogP contribution < -0.4 is 15.4 Å². The molecule has 100 valence electrons. The number of aliphatic hydroxyl groups is 1. The van der Waals surface area contributed by atoms with Crippen molar-refractivity contribution >= 4 is 11.7 Å². The highest BCUT2D eigenvalue weighted by atomic mass is 16.5. The Balaban J connectivity index is 2.64. The number of amides is 2. The smallest absolute Gasteiger partial charge is 0.319 e. The van der Waals surface area contributed by atoms with Gasteiger partial charge in [0.15, 0.2) is 0 Å². The van der Waals surface area contributed by atoms with E-state index in [2.05, 4.69) is 10.6 Å². The Bertz CT molecular complexity index is 394. The van der Waals surface area contributed by atoms with Crippen molar-refractivity contribution in [2.24, 2.45) is 5.92 Å². The van der Waals surface area contributed by atoms with E-state index in [0.717, 1.165) is 0 Å². The molecule has 2 amide bonds. The van der Waals surface area contributed by atoms with Crippen LogP contribution in [0.2, 0.25) is 0 Å². The Kier molecular flexibility index (Phi) is 5.45. The van der Waals surface area contributed by atoms with Crippen molar-refractivity contribution in [3.63, 3.8) is 0 Å². The topological polar surface area (TPSA) is 70.6 Å². The van der Waals surface area contributed by atoms with Gasteiger partial charge in [0, 0.05) is 0 Å². The maximum atomic E-state index is 11.8. The molecule has 0 aliphatic rings. The van der Waals surface area contributed by atoms with Gasteiger partial charge in [0.25, 0.3) is 0 Å². The van der Waals surface area contributed by atoms with Crippen molar-refractivity contribution in [1.29, 1.82) is 0 Å². The summed E-state index contributed by atoms with van der Waals surface area (Å²) in [6, 6.07) is 6.53. The fraction of sp³-hybridized carbons (Fsp3) is 0.462. The van der Waals surface area contributed by atoms with Gasteiger partial charge in [-0.05, 0) is 18.1 Å². The molecule has 0 heterocycles. The second kappa shape index (κ2) is 6.86. The van der Waals surface area contributed by atoms with Crippen LogP contribution in [0.1, 0.15) is 13.8 Å². The lowest BCUT2D eigenvalue weighted by Gasteiger charge is -2.20. The number of benzene rings is 1. The predicted octanol–water partition coefficient (Wildman–Crippen LogP) is 1.83. The first kappa shape index (κ1) is 14.3. The summed E-state index contributed by atoms with van der Waals surface area (Å²) in [5, 5.41) is 14.6. The molecule has 0 aromatic heterocycles. The number of carbonyl (C=O) groups is 1. The van der Waals surface area contributed by atoms with Gasteiger partial charge in [-0.25, -0.2) is 4.79 Å². The van der Waals surface area contributed by atoms with Crippen LogP contribution in [-0.4, -0.2) is 30.9 Å². The second-order valence-corrected chi connectivity index (χ2v) is 4.33. The first-order valence-electron chi connectivity index (χ1n) is 5.90. The van der Waals surface area contributed by atoms with E-state index >= 15 is 0 Å². The first-order chi connectivity index (χ1) is 8.58. The van der Waals surface area contributed by atoms with Crippen molar-refractivity contribution < 1.29 is 14.6 Å². The Morgan fingerprint density at radius 2 is 2.06 bits per heavy atom. The lowest BCUT2D eigenvalue weighted by atomic mass is 10.1. The molecule has 0 saturated carbocycles. The number of anilines is 1. The summed E-state index contributed by atoms with van der Waals surface area (Å²) in [4.78, 5) is 11.8. The van der Waals surface area contributed by atoms with Crippen LogP contribution in [0.3, 0.4) is 0 Å². The normalized spacial score (nSPS) is 12.1. The maximum Gasteiger partial charge on any atom is 0.319 e. The molecule has 0 fully saturated rings. The molecular weight excluding hydrogens is 232 g/mol. The Labute approximate surface area is 107 Å². The number of urea groups is 1. The van der Waals surface area contributed by atoms with Crippen molar-refractivity contribution in [3.8, 4) is 5.75 Å². The SMILES string of the molecule is COc1ccccc1NC(=O)N[C@H](CO)C(C)C. The molecule has 1 aromatic carbocycles. The van der Waals surface area contributed by atoms with Gasteiger partial charge in [0.1, 0.15) is 5.75 Å². The van der Waals surface area contributed by atoms with E-state index < -0.39 is 0 Å². The molecule has 1 rings (SSSR count). The Morgan fingerprint density at radius 1 is 1.39 bits per heavy atom. The van der Waals surface area contributed by atoms with Gasteiger partial charge < -0.3 is 20.5 Å². The minimum absolute atomic E-state index is 0.0863. The number of hydrogen-bond acceptors (Lipinski definition) is 3. The molecule has 1 atom stereocenters. The van der Waals surface area contributed by atoms with E-state index in [9.17, 15) is 4.79 Å². The van der Waals surface area contributed by atoms with Gasteiger partial charge >= 0.3 is 6.03 Å². The summed E-state index contributed by atoms with van der Waals surface area (Å²) in [7, 11) is 1.54. The summed E-state index contributed by atoms with van der Waals surface area (Å²) in [6.07, 6.45) is 0. The highest BCUT2D eigenvalue weighted by molar-refractivity contribution is 5.91. The van der Waals surface area contributed by atoms with Gasteiger partial charge in [-0.15, -0.1) is 0 Å². The molecule has 0 aliphatic heterocycles. The van der Waals surface area contributed by atoms with Crippen LogP contribution >= 0.6 is 0 Å².